The fraction of sp³-hybridized carbons (Fsp3) is 0.316. The van der Waals surface area contributed by atoms with E-state index in [2.05, 4.69) is 4.98 Å². The number of carbonyl (C=O) groups is 1. The van der Waals surface area contributed by atoms with E-state index in [9.17, 15) is 14.8 Å². The number of carbonyl (C=O) groups excluding carboxylic acids is 1. The van der Waals surface area contributed by atoms with E-state index in [0.29, 0.717) is 16.0 Å². The molecule has 0 saturated heterocycles. The Morgan fingerprint density at radius 1 is 1.31 bits per heavy atom. The topological polar surface area (TPSA) is 92.9 Å². The number of ether oxygens (including phenoxy) is 1. The molecular formula is C19H20N2O5. The van der Waals surface area contributed by atoms with Gasteiger partial charge in [-0.25, -0.2) is 14.8 Å². The third-order valence-corrected chi connectivity index (χ3v) is 4.12. The Bertz CT molecular complexity index is 1050. The molecule has 2 heterocycles. The summed E-state index contributed by atoms with van der Waals surface area (Å²) in [6.07, 6.45) is 0. The molecule has 26 heavy (non-hydrogen) atoms. The second-order valence-electron chi connectivity index (χ2n) is 6.29. The summed E-state index contributed by atoms with van der Waals surface area (Å²) in [4.78, 5) is 29.2. The molecular weight excluding hydrogens is 336 g/mol. The van der Waals surface area contributed by atoms with E-state index in [4.69, 9.17) is 9.15 Å². The Balaban J connectivity index is 2.34. The van der Waals surface area contributed by atoms with Gasteiger partial charge in [0.15, 0.2) is 16.9 Å². The molecule has 1 N–H and O–H groups in total. The maximum atomic E-state index is 12.9. The Kier molecular flexibility index (Phi) is 4.65. The third-order valence-electron chi connectivity index (χ3n) is 4.12. The molecule has 0 aliphatic heterocycles. The lowest BCUT2D eigenvalue weighted by atomic mass is 10.0. The fourth-order valence-corrected chi connectivity index (χ4v) is 2.75. The first-order valence-electron chi connectivity index (χ1n) is 8.34. The fourth-order valence-electron chi connectivity index (χ4n) is 2.75. The Morgan fingerprint density at radius 3 is 2.65 bits per heavy atom. The molecule has 2 aromatic heterocycles. The Morgan fingerprint density at radius 2 is 2.04 bits per heavy atom. The average Bonchev–Trinajstić information content (AvgIpc) is 2.60. The molecule has 0 spiro atoms. The molecule has 0 aliphatic carbocycles. The van der Waals surface area contributed by atoms with Gasteiger partial charge in [-0.15, -0.1) is 0 Å². The number of hydrogen-bond acceptors (Lipinski definition) is 7. The molecule has 7 nitrogen and oxygen atoms in total. The zero-order chi connectivity index (χ0) is 19.0. The van der Waals surface area contributed by atoms with Crippen molar-refractivity contribution in [1.29, 1.82) is 0 Å². The van der Waals surface area contributed by atoms with Gasteiger partial charge in [-0.1, -0.05) is 19.9 Å². The first-order chi connectivity index (χ1) is 12.3. The number of pyridine rings is 1. The second kappa shape index (κ2) is 6.76. The zero-order valence-electron chi connectivity index (χ0n) is 15.1. The van der Waals surface area contributed by atoms with Crippen LogP contribution in [0.25, 0.3) is 22.1 Å². The van der Waals surface area contributed by atoms with Crippen molar-refractivity contribution >= 4 is 33.9 Å². The molecule has 0 saturated carbocycles. The highest BCUT2D eigenvalue weighted by atomic mass is 16.5. The zero-order valence-corrected chi connectivity index (χ0v) is 15.1. The van der Waals surface area contributed by atoms with Crippen LogP contribution in [0.5, 0.6) is 0 Å². The summed E-state index contributed by atoms with van der Waals surface area (Å²) in [6.45, 7) is 5.92. The number of anilines is 1. The van der Waals surface area contributed by atoms with Gasteiger partial charge in [0.1, 0.15) is 11.1 Å². The molecule has 0 atom stereocenters. The molecule has 7 heteroatoms. The highest BCUT2D eigenvalue weighted by molar-refractivity contribution is 5.99. The van der Waals surface area contributed by atoms with Crippen LogP contribution in [-0.2, 0) is 4.74 Å². The van der Waals surface area contributed by atoms with E-state index in [1.807, 2.05) is 19.9 Å². The van der Waals surface area contributed by atoms with Gasteiger partial charge in [0, 0.05) is 13.1 Å². The van der Waals surface area contributed by atoms with Gasteiger partial charge in [0.25, 0.3) is 0 Å². The molecule has 0 bridgehead atoms. The van der Waals surface area contributed by atoms with Crippen molar-refractivity contribution in [3.63, 3.8) is 0 Å². The lowest BCUT2D eigenvalue weighted by Crippen LogP contribution is -2.19. The van der Waals surface area contributed by atoms with Crippen molar-refractivity contribution in [2.45, 2.75) is 26.7 Å². The second-order valence-corrected chi connectivity index (χ2v) is 6.29. The molecule has 3 rings (SSSR count). The van der Waals surface area contributed by atoms with Gasteiger partial charge in [0.05, 0.1) is 12.0 Å². The van der Waals surface area contributed by atoms with Crippen molar-refractivity contribution in [3.8, 4) is 0 Å². The van der Waals surface area contributed by atoms with Gasteiger partial charge in [-0.2, -0.15) is 0 Å². The summed E-state index contributed by atoms with van der Waals surface area (Å²) in [7, 11) is 1.32. The number of hydroxylamine groups is 1. The lowest BCUT2D eigenvalue weighted by molar-refractivity contribution is 0.0525. The molecule has 136 valence electrons. The first-order valence-corrected chi connectivity index (χ1v) is 8.34. The third kappa shape index (κ3) is 3.01. The number of nitrogens with zero attached hydrogens (tertiary/aromatic N) is 2. The highest BCUT2D eigenvalue weighted by Gasteiger charge is 2.21. The SMILES string of the molecule is CCOC(=O)c1cc2oc3ccc(C(C)C)cc3c(=O)c2nc1N(C)O. The van der Waals surface area contributed by atoms with E-state index < -0.39 is 5.97 Å². The highest BCUT2D eigenvalue weighted by Crippen LogP contribution is 2.26. The van der Waals surface area contributed by atoms with Crippen LogP contribution < -0.4 is 10.5 Å². The molecule has 0 aliphatic rings. The molecule has 3 aromatic rings. The normalized spacial score (nSPS) is 11.3. The number of aromatic nitrogens is 1. The molecule has 0 amide bonds. The predicted molar refractivity (Wildman–Crippen MR) is 98.0 cm³/mol. The Hall–Kier alpha value is -2.93. The van der Waals surface area contributed by atoms with E-state index in [0.717, 1.165) is 5.56 Å². The van der Waals surface area contributed by atoms with Crippen LogP contribution in [0.2, 0.25) is 0 Å². The number of fused-ring (bicyclic) bond motifs is 2. The van der Waals surface area contributed by atoms with Crippen molar-refractivity contribution in [3.05, 3.63) is 45.6 Å². The van der Waals surface area contributed by atoms with Crippen LogP contribution >= 0.6 is 0 Å². The summed E-state index contributed by atoms with van der Waals surface area (Å²) in [5.74, 6) is -0.467. The number of benzene rings is 1. The minimum Gasteiger partial charge on any atom is -0.462 e. The van der Waals surface area contributed by atoms with Crippen LogP contribution in [0.3, 0.4) is 0 Å². The van der Waals surface area contributed by atoms with Crippen LogP contribution in [-0.4, -0.2) is 29.8 Å². The maximum Gasteiger partial charge on any atom is 0.342 e. The molecule has 1 aromatic carbocycles. The van der Waals surface area contributed by atoms with Crippen LogP contribution in [0.1, 0.15) is 42.6 Å². The summed E-state index contributed by atoms with van der Waals surface area (Å²) in [5, 5.41) is 10.9. The predicted octanol–water partition coefficient (Wildman–Crippen LogP) is 3.47. The minimum absolute atomic E-state index is 0.0191. The van der Waals surface area contributed by atoms with Gasteiger partial charge in [-0.3, -0.25) is 10.0 Å². The standard InChI is InChI=1S/C19H20N2O5/c1-5-25-19(23)13-9-15-16(20-18(13)21(4)24)17(22)12-8-11(10(2)3)6-7-14(12)26-15/h6-10,24H,5H2,1-4H3. The summed E-state index contributed by atoms with van der Waals surface area (Å²) in [5.41, 5.74) is 1.32. The van der Waals surface area contributed by atoms with E-state index in [1.54, 1.807) is 19.1 Å². The van der Waals surface area contributed by atoms with E-state index in [-0.39, 0.29) is 40.4 Å². The lowest BCUT2D eigenvalue weighted by Gasteiger charge is -2.14. The van der Waals surface area contributed by atoms with E-state index in [1.165, 1.54) is 13.1 Å². The maximum absolute atomic E-state index is 12.9. The molecule has 0 fully saturated rings. The van der Waals surface area contributed by atoms with Crippen LogP contribution in [0.15, 0.2) is 33.5 Å². The summed E-state index contributed by atoms with van der Waals surface area (Å²) < 4.78 is 10.8. The van der Waals surface area contributed by atoms with Gasteiger partial charge >= 0.3 is 5.97 Å². The van der Waals surface area contributed by atoms with Gasteiger partial charge in [-0.05, 0) is 30.5 Å². The van der Waals surface area contributed by atoms with Crippen molar-refractivity contribution in [2.24, 2.45) is 0 Å². The molecule has 0 unspecified atom stereocenters. The Labute approximate surface area is 149 Å². The summed E-state index contributed by atoms with van der Waals surface area (Å²) >= 11 is 0. The monoisotopic (exact) mass is 356 g/mol. The first kappa shape index (κ1) is 17.9. The average molecular weight is 356 g/mol. The number of rotatable bonds is 4. The molecule has 0 radical (unpaired) electrons. The van der Waals surface area contributed by atoms with Crippen LogP contribution in [0.4, 0.5) is 5.82 Å². The van der Waals surface area contributed by atoms with Crippen LogP contribution in [0, 0.1) is 0 Å². The number of esters is 1. The number of hydrogen-bond donors (Lipinski definition) is 1. The van der Waals surface area contributed by atoms with E-state index >= 15 is 0 Å². The smallest absolute Gasteiger partial charge is 0.342 e. The van der Waals surface area contributed by atoms with Gasteiger partial charge < -0.3 is 9.15 Å². The van der Waals surface area contributed by atoms with Crippen molar-refractivity contribution in [2.75, 3.05) is 18.7 Å². The van der Waals surface area contributed by atoms with Crippen molar-refractivity contribution < 1.29 is 19.2 Å². The largest absolute Gasteiger partial charge is 0.462 e. The minimum atomic E-state index is -0.657. The quantitative estimate of drug-likeness (QED) is 0.435. The van der Waals surface area contributed by atoms with Crippen molar-refractivity contribution in [1.82, 2.24) is 4.98 Å². The summed E-state index contributed by atoms with van der Waals surface area (Å²) in [6, 6.07) is 6.80. The van der Waals surface area contributed by atoms with Gasteiger partial charge in [0.2, 0.25) is 5.43 Å².